The third kappa shape index (κ3) is 1.60. The van der Waals surface area contributed by atoms with Crippen molar-refractivity contribution < 1.29 is 23.6 Å². The number of halogens is 1. The summed E-state index contributed by atoms with van der Waals surface area (Å²) in [6.07, 6.45) is 0.808. The van der Waals surface area contributed by atoms with E-state index in [1.165, 1.54) is 6.07 Å². The molecule has 0 saturated heterocycles. The fourth-order valence-electron chi connectivity index (χ4n) is 2.48. The van der Waals surface area contributed by atoms with Gasteiger partial charge in [0.15, 0.2) is 0 Å². The van der Waals surface area contributed by atoms with E-state index in [9.17, 15) is 14.2 Å². The van der Waals surface area contributed by atoms with Crippen LogP contribution >= 0.6 is 0 Å². The first kappa shape index (κ1) is 11.5. The Morgan fingerprint density at radius 3 is 3.17 bits per heavy atom. The van der Waals surface area contributed by atoms with Gasteiger partial charge in [0.05, 0.1) is 6.61 Å². The van der Waals surface area contributed by atoms with E-state index in [-0.39, 0.29) is 29.7 Å². The van der Waals surface area contributed by atoms with Crippen LogP contribution in [0.4, 0.5) is 4.39 Å². The number of hydrogen-bond donors (Lipinski definition) is 1. The topological polar surface area (TPSA) is 55.8 Å². The minimum Gasteiger partial charge on any atom is -0.535 e. The number of carbonyl (C=O) groups excluding carboxylic acids is 1. The first-order chi connectivity index (χ1) is 8.63. The molecule has 1 fully saturated rings. The van der Waals surface area contributed by atoms with Gasteiger partial charge in [0, 0.05) is 5.82 Å². The Balaban J connectivity index is 2.08. The minimum absolute atomic E-state index is 0.0676. The molecule has 2 aliphatic rings. The van der Waals surface area contributed by atoms with Crippen LogP contribution in [-0.4, -0.2) is 24.7 Å². The van der Waals surface area contributed by atoms with Crippen molar-refractivity contribution in [1.82, 2.24) is 0 Å². The Labute approximate surface area is 104 Å². The Bertz CT molecular complexity index is 519. The SMILES string of the molecule is CCOC(=O)c1c(F)ccc2c1OB(O)[C@@H]1CC21. The Hall–Kier alpha value is -1.56. The molecule has 2 atom stereocenters. The zero-order chi connectivity index (χ0) is 12.9. The van der Waals surface area contributed by atoms with Crippen LogP contribution < -0.4 is 4.65 Å². The van der Waals surface area contributed by atoms with Crippen molar-refractivity contribution >= 4 is 13.1 Å². The second kappa shape index (κ2) is 3.98. The Morgan fingerprint density at radius 1 is 1.67 bits per heavy atom. The molecule has 18 heavy (non-hydrogen) atoms. The highest BCUT2D eigenvalue weighted by molar-refractivity contribution is 6.48. The number of esters is 1. The van der Waals surface area contributed by atoms with E-state index in [0.717, 1.165) is 12.0 Å². The molecule has 1 saturated carbocycles. The summed E-state index contributed by atoms with van der Waals surface area (Å²) < 4.78 is 23.9. The average Bonchev–Trinajstić information content (AvgIpc) is 3.09. The number of rotatable bonds is 2. The van der Waals surface area contributed by atoms with Gasteiger partial charge in [0.1, 0.15) is 17.1 Å². The molecule has 0 aromatic heterocycles. The van der Waals surface area contributed by atoms with Gasteiger partial charge in [-0.3, -0.25) is 0 Å². The van der Waals surface area contributed by atoms with Crippen LogP contribution in [0.5, 0.6) is 5.75 Å². The van der Waals surface area contributed by atoms with Crippen LogP contribution in [0.25, 0.3) is 0 Å². The fourth-order valence-corrected chi connectivity index (χ4v) is 2.48. The lowest BCUT2D eigenvalue weighted by Crippen LogP contribution is -2.28. The van der Waals surface area contributed by atoms with Gasteiger partial charge in [-0.25, -0.2) is 9.18 Å². The number of ether oxygens (including phenoxy) is 1. The average molecular weight is 250 g/mol. The van der Waals surface area contributed by atoms with E-state index in [0.29, 0.717) is 0 Å². The lowest BCUT2D eigenvalue weighted by molar-refractivity contribution is 0.0518. The summed E-state index contributed by atoms with van der Waals surface area (Å²) in [5.74, 6) is -1.06. The van der Waals surface area contributed by atoms with E-state index in [4.69, 9.17) is 9.39 Å². The molecule has 6 heteroatoms. The van der Waals surface area contributed by atoms with E-state index in [1.807, 2.05) is 0 Å². The highest BCUT2D eigenvalue weighted by Crippen LogP contribution is 2.60. The molecule has 0 radical (unpaired) electrons. The zero-order valence-electron chi connectivity index (χ0n) is 9.85. The maximum Gasteiger partial charge on any atom is 0.526 e. The van der Waals surface area contributed by atoms with Gasteiger partial charge in [0.2, 0.25) is 0 Å². The molecule has 1 heterocycles. The molecule has 1 aromatic rings. The van der Waals surface area contributed by atoms with Gasteiger partial charge < -0.3 is 14.4 Å². The molecular weight excluding hydrogens is 238 g/mol. The fraction of sp³-hybridized carbons (Fsp3) is 0.417. The lowest BCUT2D eigenvalue weighted by Gasteiger charge is -2.21. The largest absolute Gasteiger partial charge is 0.535 e. The van der Waals surface area contributed by atoms with Crippen LogP contribution in [0.2, 0.25) is 5.82 Å². The van der Waals surface area contributed by atoms with Gasteiger partial charge in [-0.15, -0.1) is 0 Å². The van der Waals surface area contributed by atoms with E-state index in [1.54, 1.807) is 13.0 Å². The highest BCUT2D eigenvalue weighted by atomic mass is 19.1. The summed E-state index contributed by atoms with van der Waals surface area (Å²) in [4.78, 5) is 11.7. The predicted molar refractivity (Wildman–Crippen MR) is 62.1 cm³/mol. The molecule has 3 rings (SSSR count). The zero-order valence-corrected chi connectivity index (χ0v) is 9.85. The highest BCUT2D eigenvalue weighted by Gasteiger charge is 2.54. The second-order valence-corrected chi connectivity index (χ2v) is 4.58. The number of fused-ring (bicyclic) bond motifs is 3. The van der Waals surface area contributed by atoms with Crippen LogP contribution in [0.15, 0.2) is 12.1 Å². The van der Waals surface area contributed by atoms with Crippen LogP contribution in [-0.2, 0) is 4.74 Å². The van der Waals surface area contributed by atoms with E-state index < -0.39 is 18.9 Å². The maximum absolute atomic E-state index is 13.8. The molecule has 1 aliphatic heterocycles. The first-order valence-corrected chi connectivity index (χ1v) is 5.97. The monoisotopic (exact) mass is 250 g/mol. The quantitative estimate of drug-likeness (QED) is 0.641. The first-order valence-electron chi connectivity index (χ1n) is 5.97. The van der Waals surface area contributed by atoms with E-state index in [2.05, 4.69) is 0 Å². The second-order valence-electron chi connectivity index (χ2n) is 4.58. The van der Waals surface area contributed by atoms with Gasteiger partial charge in [-0.2, -0.15) is 0 Å². The van der Waals surface area contributed by atoms with Crippen LogP contribution in [0, 0.1) is 5.82 Å². The minimum atomic E-state index is -0.961. The van der Waals surface area contributed by atoms with Crippen molar-refractivity contribution in [2.45, 2.75) is 25.1 Å². The van der Waals surface area contributed by atoms with Crippen molar-refractivity contribution in [3.05, 3.63) is 29.1 Å². The predicted octanol–water partition coefficient (Wildman–Crippen LogP) is 1.73. The third-order valence-electron chi connectivity index (χ3n) is 3.46. The molecule has 1 unspecified atom stereocenters. The lowest BCUT2D eigenvalue weighted by atomic mass is 9.77. The summed E-state index contributed by atoms with van der Waals surface area (Å²) in [6, 6.07) is 2.87. The van der Waals surface area contributed by atoms with Crippen molar-refractivity contribution in [2.24, 2.45) is 0 Å². The van der Waals surface area contributed by atoms with Crippen LogP contribution in [0.3, 0.4) is 0 Å². The molecule has 1 aliphatic carbocycles. The van der Waals surface area contributed by atoms with E-state index >= 15 is 0 Å². The molecule has 94 valence electrons. The van der Waals surface area contributed by atoms with Crippen molar-refractivity contribution in [2.75, 3.05) is 6.61 Å². The molecule has 0 bridgehead atoms. The van der Waals surface area contributed by atoms with Gasteiger partial charge in [-0.1, -0.05) is 6.07 Å². The summed E-state index contributed by atoms with van der Waals surface area (Å²) >= 11 is 0. The molecule has 1 N–H and O–H groups in total. The molecule has 0 spiro atoms. The molecule has 4 nitrogen and oxygen atoms in total. The summed E-state index contributed by atoms with van der Waals surface area (Å²) in [5, 5.41) is 9.70. The summed E-state index contributed by atoms with van der Waals surface area (Å²) in [5.41, 5.74) is 0.577. The third-order valence-corrected chi connectivity index (χ3v) is 3.46. The number of benzene rings is 1. The van der Waals surface area contributed by atoms with Crippen molar-refractivity contribution in [1.29, 1.82) is 0 Å². The summed E-state index contributed by atoms with van der Waals surface area (Å²) in [7, 11) is -0.961. The Morgan fingerprint density at radius 2 is 2.44 bits per heavy atom. The normalized spacial score (nSPS) is 23.8. The van der Waals surface area contributed by atoms with Crippen LogP contribution in [0.1, 0.15) is 35.2 Å². The van der Waals surface area contributed by atoms with Crippen molar-refractivity contribution in [3.63, 3.8) is 0 Å². The number of hydrogen-bond acceptors (Lipinski definition) is 4. The van der Waals surface area contributed by atoms with Gasteiger partial charge >= 0.3 is 13.1 Å². The standard InChI is InChI=1S/C12H12BFO4/c1-2-17-12(15)10-9(14)4-3-6-7-5-8(7)13(16)18-11(6)10/h3-4,7-8,16H,2,5H2,1H3/t7?,8-/m1/s1. The maximum atomic E-state index is 13.8. The van der Waals surface area contributed by atoms with Gasteiger partial charge in [-0.05, 0) is 30.9 Å². The van der Waals surface area contributed by atoms with Crippen molar-refractivity contribution in [3.8, 4) is 5.75 Å². The molecule has 1 aromatic carbocycles. The molecule has 0 amide bonds. The summed E-state index contributed by atoms with van der Waals surface area (Å²) in [6.45, 7) is 1.81. The smallest absolute Gasteiger partial charge is 0.526 e. The van der Waals surface area contributed by atoms with Gasteiger partial charge in [0.25, 0.3) is 0 Å². The molecular formula is C12H12BFO4. The number of carbonyl (C=O) groups is 1. The Kier molecular flexibility index (Phi) is 2.55.